The molecule has 0 radical (unpaired) electrons. The molecule has 2 aliphatic rings. The second-order valence-electron chi connectivity index (χ2n) is 8.66. The fourth-order valence-electron chi connectivity index (χ4n) is 4.68. The summed E-state index contributed by atoms with van der Waals surface area (Å²) in [5, 5.41) is 0.602. The Morgan fingerprint density at radius 3 is 2.59 bits per heavy atom. The first-order valence-electron chi connectivity index (χ1n) is 11.4. The van der Waals surface area contributed by atoms with Crippen molar-refractivity contribution in [1.82, 2.24) is 19.4 Å². The minimum absolute atomic E-state index is 0.0133. The van der Waals surface area contributed by atoms with Crippen molar-refractivity contribution in [2.75, 3.05) is 26.2 Å². The number of aryl methyl sites for hydroxylation is 1. The van der Waals surface area contributed by atoms with Crippen molar-refractivity contribution < 1.29 is 4.79 Å². The average Bonchev–Trinajstić information content (AvgIpc) is 3.19. The first-order valence-corrected chi connectivity index (χ1v) is 12.6. The SMILES string of the molecule is O=C(c1ccc2c(=O)n3c(nc2c1)CCCCCC3)N1CCN(Cc2ccc(Cl)s2)CC1. The number of hydrogen-bond donors (Lipinski definition) is 0. The van der Waals surface area contributed by atoms with Gasteiger partial charge in [-0.3, -0.25) is 19.1 Å². The fraction of sp³-hybridized carbons (Fsp3) is 0.458. The number of nitrogens with zero attached hydrogens (tertiary/aromatic N) is 4. The van der Waals surface area contributed by atoms with Crippen molar-refractivity contribution in [3.05, 3.63) is 61.3 Å². The molecule has 6 nitrogen and oxygen atoms in total. The van der Waals surface area contributed by atoms with Crippen molar-refractivity contribution in [2.24, 2.45) is 0 Å². The molecule has 0 atom stereocenters. The smallest absolute Gasteiger partial charge is 0.261 e. The monoisotopic (exact) mass is 470 g/mol. The molecule has 5 rings (SSSR count). The average molecular weight is 471 g/mol. The quantitative estimate of drug-likeness (QED) is 0.576. The van der Waals surface area contributed by atoms with Crippen LogP contribution in [0.5, 0.6) is 0 Å². The number of carbonyl (C=O) groups is 1. The third-order valence-electron chi connectivity index (χ3n) is 6.48. The normalized spacial score (nSPS) is 17.7. The van der Waals surface area contributed by atoms with E-state index in [1.165, 1.54) is 11.3 Å². The molecule has 0 aliphatic carbocycles. The van der Waals surface area contributed by atoms with Gasteiger partial charge in [-0.2, -0.15) is 0 Å². The van der Waals surface area contributed by atoms with Crippen LogP contribution in [0.2, 0.25) is 4.34 Å². The molecule has 3 aromatic rings. The van der Waals surface area contributed by atoms with Gasteiger partial charge in [-0.1, -0.05) is 24.4 Å². The van der Waals surface area contributed by atoms with Crippen LogP contribution in [0.4, 0.5) is 0 Å². The molecule has 0 bridgehead atoms. The second kappa shape index (κ2) is 9.33. The van der Waals surface area contributed by atoms with E-state index in [9.17, 15) is 9.59 Å². The third-order valence-corrected chi connectivity index (χ3v) is 7.70. The van der Waals surface area contributed by atoms with Crippen LogP contribution in [0.15, 0.2) is 35.1 Å². The van der Waals surface area contributed by atoms with Gasteiger partial charge in [-0.25, -0.2) is 4.98 Å². The number of piperazine rings is 1. The molecule has 1 aromatic carbocycles. The number of aromatic nitrogens is 2. The Labute approximate surface area is 196 Å². The lowest BCUT2D eigenvalue weighted by Crippen LogP contribution is -2.48. The Balaban J connectivity index is 1.31. The number of fused-ring (bicyclic) bond motifs is 2. The maximum atomic E-state index is 13.2. The summed E-state index contributed by atoms with van der Waals surface area (Å²) in [6.45, 7) is 4.66. The molecule has 32 heavy (non-hydrogen) atoms. The summed E-state index contributed by atoms with van der Waals surface area (Å²) in [7, 11) is 0. The van der Waals surface area contributed by atoms with Crippen LogP contribution in [0, 0.1) is 0 Å². The lowest BCUT2D eigenvalue weighted by atomic mass is 10.1. The molecule has 0 N–H and O–H groups in total. The Hall–Kier alpha value is -2.22. The summed E-state index contributed by atoms with van der Waals surface area (Å²) < 4.78 is 2.65. The Morgan fingerprint density at radius 1 is 1.00 bits per heavy atom. The van der Waals surface area contributed by atoms with E-state index in [2.05, 4.69) is 11.0 Å². The minimum Gasteiger partial charge on any atom is -0.336 e. The van der Waals surface area contributed by atoms with E-state index in [0.29, 0.717) is 29.6 Å². The van der Waals surface area contributed by atoms with Crippen molar-refractivity contribution in [1.29, 1.82) is 0 Å². The molecule has 1 fully saturated rings. The van der Waals surface area contributed by atoms with Gasteiger partial charge in [0.15, 0.2) is 0 Å². The molecule has 1 saturated heterocycles. The summed E-state index contributed by atoms with van der Waals surface area (Å²) in [5.41, 5.74) is 1.27. The maximum absolute atomic E-state index is 13.2. The van der Waals surface area contributed by atoms with E-state index in [4.69, 9.17) is 16.6 Å². The van der Waals surface area contributed by atoms with E-state index >= 15 is 0 Å². The fourth-order valence-corrected chi connectivity index (χ4v) is 5.81. The Bertz CT molecular complexity index is 1200. The molecule has 2 aliphatic heterocycles. The zero-order chi connectivity index (χ0) is 22.1. The van der Waals surface area contributed by atoms with Gasteiger partial charge >= 0.3 is 0 Å². The first kappa shape index (κ1) is 21.6. The summed E-state index contributed by atoms with van der Waals surface area (Å²) >= 11 is 7.65. The molecule has 1 amide bonds. The topological polar surface area (TPSA) is 58.4 Å². The van der Waals surface area contributed by atoms with Crippen LogP contribution >= 0.6 is 22.9 Å². The Kier molecular flexibility index (Phi) is 6.31. The molecule has 2 aromatic heterocycles. The lowest BCUT2D eigenvalue weighted by Gasteiger charge is -2.34. The van der Waals surface area contributed by atoms with Crippen LogP contribution in [-0.2, 0) is 19.5 Å². The maximum Gasteiger partial charge on any atom is 0.261 e. The van der Waals surface area contributed by atoms with Crippen molar-refractivity contribution in [3.8, 4) is 0 Å². The summed E-state index contributed by atoms with van der Waals surface area (Å²) in [5.74, 6) is 0.869. The van der Waals surface area contributed by atoms with Crippen LogP contribution in [0.3, 0.4) is 0 Å². The standard InChI is InChI=1S/C24H27ClN4O2S/c25-21-9-7-18(32-21)16-27-11-13-28(14-12-27)23(30)17-6-8-19-20(15-17)26-22-5-3-1-2-4-10-29(22)24(19)31/h6-9,15H,1-5,10-14,16H2. The molecule has 8 heteroatoms. The highest BCUT2D eigenvalue weighted by atomic mass is 35.5. The Morgan fingerprint density at radius 2 is 1.81 bits per heavy atom. The molecule has 168 valence electrons. The van der Waals surface area contributed by atoms with Gasteiger partial charge in [-0.15, -0.1) is 11.3 Å². The van der Waals surface area contributed by atoms with Crippen molar-refractivity contribution in [3.63, 3.8) is 0 Å². The molecule has 0 saturated carbocycles. The van der Waals surface area contributed by atoms with Crippen LogP contribution < -0.4 is 5.56 Å². The van der Waals surface area contributed by atoms with Crippen LogP contribution in [0.25, 0.3) is 10.9 Å². The highest BCUT2D eigenvalue weighted by Crippen LogP contribution is 2.23. The van der Waals surface area contributed by atoms with E-state index in [-0.39, 0.29) is 11.5 Å². The van der Waals surface area contributed by atoms with Gasteiger partial charge in [0.05, 0.1) is 15.2 Å². The predicted octanol–water partition coefficient (Wildman–Crippen LogP) is 4.19. The largest absolute Gasteiger partial charge is 0.336 e. The molecular formula is C24H27ClN4O2S. The summed E-state index contributed by atoms with van der Waals surface area (Å²) in [4.78, 5) is 36.5. The molecular weight excluding hydrogens is 444 g/mol. The first-order chi connectivity index (χ1) is 15.6. The molecule has 4 heterocycles. The van der Waals surface area contributed by atoms with Gasteiger partial charge in [-0.05, 0) is 43.2 Å². The number of thiophene rings is 1. The number of rotatable bonds is 3. The number of halogens is 1. The van der Waals surface area contributed by atoms with Gasteiger partial charge in [0, 0.05) is 56.1 Å². The third kappa shape index (κ3) is 4.47. The van der Waals surface area contributed by atoms with Gasteiger partial charge in [0.1, 0.15) is 5.82 Å². The predicted molar refractivity (Wildman–Crippen MR) is 129 cm³/mol. The highest BCUT2D eigenvalue weighted by Gasteiger charge is 2.23. The van der Waals surface area contributed by atoms with Gasteiger partial charge < -0.3 is 4.90 Å². The zero-order valence-electron chi connectivity index (χ0n) is 18.1. The van der Waals surface area contributed by atoms with E-state index in [1.54, 1.807) is 29.5 Å². The highest BCUT2D eigenvalue weighted by molar-refractivity contribution is 7.16. The number of amides is 1. The van der Waals surface area contributed by atoms with Crippen LogP contribution in [0.1, 0.15) is 46.7 Å². The van der Waals surface area contributed by atoms with E-state index < -0.39 is 0 Å². The lowest BCUT2D eigenvalue weighted by molar-refractivity contribution is 0.0630. The molecule has 0 spiro atoms. The van der Waals surface area contributed by atoms with E-state index in [1.807, 2.05) is 15.5 Å². The second-order valence-corrected chi connectivity index (χ2v) is 10.5. The number of benzene rings is 1. The number of carbonyl (C=O) groups excluding carboxylic acids is 1. The summed E-state index contributed by atoms with van der Waals surface area (Å²) in [6.07, 6.45) is 5.23. The van der Waals surface area contributed by atoms with Crippen molar-refractivity contribution in [2.45, 2.75) is 45.2 Å². The van der Waals surface area contributed by atoms with E-state index in [0.717, 1.165) is 62.0 Å². The molecule has 0 unspecified atom stereocenters. The van der Waals surface area contributed by atoms with Crippen LogP contribution in [-0.4, -0.2) is 51.4 Å². The number of hydrogen-bond acceptors (Lipinski definition) is 5. The van der Waals surface area contributed by atoms with Gasteiger partial charge in [0.25, 0.3) is 11.5 Å². The van der Waals surface area contributed by atoms with Crippen molar-refractivity contribution >= 4 is 39.7 Å². The zero-order valence-corrected chi connectivity index (χ0v) is 19.6. The van der Waals surface area contributed by atoms with Gasteiger partial charge in [0.2, 0.25) is 0 Å². The summed E-state index contributed by atoms with van der Waals surface area (Å²) in [6, 6.07) is 9.36. The minimum atomic E-state index is 0.0133.